The maximum atomic E-state index is 13.5. The molecule has 2 saturated heterocycles. The van der Waals surface area contributed by atoms with Gasteiger partial charge in [-0.15, -0.1) is 11.3 Å². The van der Waals surface area contributed by atoms with E-state index >= 15 is 0 Å². The fraction of sp³-hybridized carbons (Fsp3) is 0.583. The van der Waals surface area contributed by atoms with Crippen LogP contribution in [0.15, 0.2) is 12.3 Å². The quantitative estimate of drug-likeness (QED) is 0.603. The molecule has 0 aliphatic carbocycles. The first-order valence-corrected chi connectivity index (χ1v) is 12.9. The number of carbonyl (C=O) groups excluding carboxylic acids is 2. The van der Waals surface area contributed by atoms with Crippen molar-refractivity contribution in [3.8, 4) is 10.4 Å². The summed E-state index contributed by atoms with van der Waals surface area (Å²) in [5.74, 6) is -0.425. The van der Waals surface area contributed by atoms with E-state index in [2.05, 4.69) is 15.3 Å². The summed E-state index contributed by atoms with van der Waals surface area (Å²) in [6.45, 7) is 7.55. The number of halogens is 3. The van der Waals surface area contributed by atoms with Crippen LogP contribution in [0.3, 0.4) is 0 Å². The van der Waals surface area contributed by atoms with E-state index in [-0.39, 0.29) is 40.8 Å². The average Bonchev–Trinajstić information content (AvgIpc) is 3.48. The Kier molecular flexibility index (Phi) is 7.84. The van der Waals surface area contributed by atoms with Gasteiger partial charge in [0, 0.05) is 37.4 Å². The number of amides is 2. The molecule has 2 aromatic rings. The molecule has 2 aliphatic heterocycles. The molecule has 2 fully saturated rings. The number of nitrogens with one attached hydrogen (secondary N) is 1. The number of morpholine rings is 1. The number of rotatable bonds is 6. The van der Waals surface area contributed by atoms with Crippen LogP contribution in [-0.2, 0) is 4.74 Å². The van der Waals surface area contributed by atoms with E-state index in [9.17, 15) is 22.8 Å². The number of thiazole rings is 1. The molecule has 8 nitrogen and oxygen atoms in total. The van der Waals surface area contributed by atoms with Crippen LogP contribution in [-0.4, -0.2) is 82.7 Å². The Morgan fingerprint density at radius 2 is 1.97 bits per heavy atom. The molecule has 196 valence electrons. The van der Waals surface area contributed by atoms with Gasteiger partial charge in [0.15, 0.2) is 5.01 Å². The maximum absolute atomic E-state index is 13.5. The summed E-state index contributed by atoms with van der Waals surface area (Å²) in [7, 11) is 0. The smallest absolute Gasteiger partial charge is 0.378 e. The molecule has 2 aliphatic rings. The number of nitrogens with zero attached hydrogens (tertiary/aromatic N) is 4. The third kappa shape index (κ3) is 5.49. The van der Waals surface area contributed by atoms with Crippen LogP contribution in [0.4, 0.5) is 19.0 Å². The number of alkyl halides is 3. The summed E-state index contributed by atoms with van der Waals surface area (Å²) in [5.41, 5.74) is 1.37. The summed E-state index contributed by atoms with van der Waals surface area (Å²) < 4.78 is 45.0. The summed E-state index contributed by atoms with van der Waals surface area (Å²) >= 11 is 1.11. The Balaban J connectivity index is 1.70. The van der Waals surface area contributed by atoms with Gasteiger partial charge in [-0.05, 0) is 44.7 Å². The van der Waals surface area contributed by atoms with E-state index in [0.717, 1.165) is 24.2 Å². The molecule has 4 heterocycles. The van der Waals surface area contributed by atoms with E-state index in [1.165, 1.54) is 19.2 Å². The van der Waals surface area contributed by atoms with Crippen molar-refractivity contribution in [2.24, 2.45) is 0 Å². The predicted molar refractivity (Wildman–Crippen MR) is 130 cm³/mol. The van der Waals surface area contributed by atoms with Crippen molar-refractivity contribution in [3.63, 3.8) is 0 Å². The zero-order chi connectivity index (χ0) is 26.0. The molecule has 0 unspecified atom stereocenters. The average molecular weight is 526 g/mol. The number of aryl methyl sites for hydroxylation is 1. The Bertz CT molecular complexity index is 1120. The Labute approximate surface area is 211 Å². The van der Waals surface area contributed by atoms with Gasteiger partial charge >= 0.3 is 6.18 Å². The van der Waals surface area contributed by atoms with Crippen LogP contribution < -0.4 is 5.32 Å². The molecule has 0 radical (unpaired) electrons. The standard InChI is InChI=1S/C24H30F3N5O3S/c1-4-17(24(25,26)27)29-18-12-14(2)16(13-28-18)20-19(22(33)32-7-5-6-15(32)3)30-21(36-20)23(34)31-8-10-35-11-9-31/h12-13,15,17H,4-11H2,1-3H3,(H,28,29)/t15-,17-/m0/s1. The van der Waals surface area contributed by atoms with Crippen molar-refractivity contribution < 1.29 is 27.5 Å². The van der Waals surface area contributed by atoms with Crippen LogP contribution in [0.1, 0.15) is 59.0 Å². The molecular formula is C24H30F3N5O3S. The van der Waals surface area contributed by atoms with Crippen LogP contribution in [0.2, 0.25) is 0 Å². The number of carbonyl (C=O) groups is 2. The largest absolute Gasteiger partial charge is 0.408 e. The number of anilines is 1. The molecular weight excluding hydrogens is 495 g/mol. The predicted octanol–water partition coefficient (Wildman–Crippen LogP) is 4.36. The van der Waals surface area contributed by atoms with Crippen molar-refractivity contribution in [2.75, 3.05) is 38.2 Å². The summed E-state index contributed by atoms with van der Waals surface area (Å²) in [6.07, 6.45) is -1.31. The van der Waals surface area contributed by atoms with Crippen molar-refractivity contribution in [2.45, 2.75) is 58.3 Å². The maximum Gasteiger partial charge on any atom is 0.408 e. The second-order valence-corrected chi connectivity index (χ2v) is 10.1. The van der Waals surface area contributed by atoms with Gasteiger partial charge in [-0.2, -0.15) is 13.2 Å². The first-order valence-electron chi connectivity index (χ1n) is 12.1. The van der Waals surface area contributed by atoms with Crippen molar-refractivity contribution in [1.29, 1.82) is 0 Å². The molecule has 1 N–H and O–H groups in total. The van der Waals surface area contributed by atoms with Gasteiger partial charge in [0.05, 0.1) is 18.1 Å². The SMILES string of the molecule is CC[C@H](Nc1cc(C)c(-c2sc(C(=O)N3CCOCC3)nc2C(=O)N2CCC[C@@H]2C)cn1)C(F)(F)F. The van der Waals surface area contributed by atoms with Gasteiger partial charge in [0.25, 0.3) is 11.8 Å². The Hall–Kier alpha value is -2.73. The number of ether oxygens (including phenoxy) is 1. The van der Waals surface area contributed by atoms with E-state index < -0.39 is 12.2 Å². The number of hydrogen-bond acceptors (Lipinski definition) is 7. The molecule has 12 heteroatoms. The van der Waals surface area contributed by atoms with Crippen LogP contribution >= 0.6 is 11.3 Å². The molecule has 36 heavy (non-hydrogen) atoms. The summed E-state index contributed by atoms with van der Waals surface area (Å²) in [5, 5.41) is 2.65. The third-order valence-electron chi connectivity index (χ3n) is 6.61. The lowest BCUT2D eigenvalue weighted by Gasteiger charge is -2.25. The molecule has 0 saturated carbocycles. The molecule has 0 spiro atoms. The second kappa shape index (κ2) is 10.7. The minimum atomic E-state index is -4.40. The summed E-state index contributed by atoms with van der Waals surface area (Å²) in [6, 6.07) is -0.130. The van der Waals surface area contributed by atoms with Crippen LogP contribution in [0, 0.1) is 6.92 Å². The zero-order valence-corrected chi connectivity index (χ0v) is 21.3. The first kappa shape index (κ1) is 26.3. The van der Waals surface area contributed by atoms with E-state index in [0.29, 0.717) is 48.9 Å². The molecule has 2 atom stereocenters. The van der Waals surface area contributed by atoms with Crippen molar-refractivity contribution >= 4 is 29.0 Å². The number of hydrogen-bond donors (Lipinski definition) is 1. The van der Waals surface area contributed by atoms with Gasteiger partial charge in [-0.25, -0.2) is 9.97 Å². The number of likely N-dealkylation sites (tertiary alicyclic amines) is 1. The van der Waals surface area contributed by atoms with Gasteiger partial charge in [0.1, 0.15) is 17.6 Å². The molecule has 2 aromatic heterocycles. The second-order valence-electron chi connectivity index (χ2n) is 9.12. The van der Waals surface area contributed by atoms with Gasteiger partial charge < -0.3 is 19.9 Å². The Morgan fingerprint density at radius 1 is 1.25 bits per heavy atom. The molecule has 0 aromatic carbocycles. The fourth-order valence-electron chi connectivity index (χ4n) is 4.48. The lowest BCUT2D eigenvalue weighted by atomic mass is 10.1. The zero-order valence-electron chi connectivity index (χ0n) is 20.5. The highest BCUT2D eigenvalue weighted by molar-refractivity contribution is 7.17. The highest BCUT2D eigenvalue weighted by Crippen LogP contribution is 2.36. The normalized spacial score (nSPS) is 19.4. The number of aromatic nitrogens is 2. The van der Waals surface area contributed by atoms with E-state index in [1.54, 1.807) is 16.7 Å². The Morgan fingerprint density at radius 3 is 2.56 bits per heavy atom. The van der Waals surface area contributed by atoms with E-state index in [4.69, 9.17) is 4.74 Å². The number of pyridine rings is 1. The van der Waals surface area contributed by atoms with Crippen LogP contribution in [0.5, 0.6) is 0 Å². The highest BCUT2D eigenvalue weighted by Gasteiger charge is 2.38. The monoisotopic (exact) mass is 525 g/mol. The molecule has 4 rings (SSSR count). The highest BCUT2D eigenvalue weighted by atomic mass is 32.1. The lowest BCUT2D eigenvalue weighted by molar-refractivity contribution is -0.142. The summed E-state index contributed by atoms with van der Waals surface area (Å²) in [4.78, 5) is 39.3. The third-order valence-corrected chi connectivity index (χ3v) is 7.68. The van der Waals surface area contributed by atoms with Gasteiger partial charge in [-0.3, -0.25) is 9.59 Å². The van der Waals surface area contributed by atoms with Crippen molar-refractivity contribution in [1.82, 2.24) is 19.8 Å². The minimum Gasteiger partial charge on any atom is -0.378 e. The van der Waals surface area contributed by atoms with Crippen molar-refractivity contribution in [3.05, 3.63) is 28.5 Å². The minimum absolute atomic E-state index is 0.0598. The van der Waals surface area contributed by atoms with Gasteiger partial charge in [0.2, 0.25) is 0 Å². The van der Waals surface area contributed by atoms with Crippen LogP contribution in [0.25, 0.3) is 10.4 Å². The van der Waals surface area contributed by atoms with E-state index in [1.807, 2.05) is 6.92 Å². The molecule has 2 amide bonds. The topological polar surface area (TPSA) is 87.7 Å². The molecule has 0 bridgehead atoms. The fourth-order valence-corrected chi connectivity index (χ4v) is 5.58. The first-order chi connectivity index (χ1) is 17.1. The van der Waals surface area contributed by atoms with Gasteiger partial charge in [-0.1, -0.05) is 6.92 Å². The lowest BCUT2D eigenvalue weighted by Crippen LogP contribution is -2.40.